The van der Waals surface area contributed by atoms with Gasteiger partial charge in [-0.05, 0) is 38.8 Å². The Labute approximate surface area is 126 Å². The second kappa shape index (κ2) is 6.04. The molecule has 1 heterocycles. The summed E-state index contributed by atoms with van der Waals surface area (Å²) in [6.07, 6.45) is 4.64. The second-order valence-corrected chi connectivity index (χ2v) is 6.99. The Morgan fingerprint density at radius 1 is 1.45 bits per heavy atom. The van der Waals surface area contributed by atoms with Crippen LogP contribution in [-0.4, -0.2) is 40.4 Å². The lowest BCUT2D eigenvalue weighted by atomic mass is 9.70. The molecule has 1 aliphatic carbocycles. The Bertz CT molecular complexity index is 460. The number of hydrogen-bond acceptors (Lipinski definition) is 3. The SMILES string of the molecule is CC1CCC(C)C(O)(c2c(Cl)cnn2CCN(C)C)C1. The minimum atomic E-state index is -0.850. The highest BCUT2D eigenvalue weighted by atomic mass is 35.5. The van der Waals surface area contributed by atoms with Gasteiger partial charge < -0.3 is 10.0 Å². The van der Waals surface area contributed by atoms with Crippen molar-refractivity contribution in [3.63, 3.8) is 0 Å². The van der Waals surface area contributed by atoms with Gasteiger partial charge in [0.15, 0.2) is 0 Å². The fourth-order valence-corrected chi connectivity index (χ4v) is 3.50. The predicted molar refractivity (Wildman–Crippen MR) is 81.9 cm³/mol. The van der Waals surface area contributed by atoms with Crippen LogP contribution >= 0.6 is 11.6 Å². The summed E-state index contributed by atoms with van der Waals surface area (Å²) in [7, 11) is 4.07. The van der Waals surface area contributed by atoms with E-state index in [2.05, 4.69) is 23.8 Å². The molecule has 0 radical (unpaired) electrons. The van der Waals surface area contributed by atoms with Crippen LogP contribution in [0.3, 0.4) is 0 Å². The van der Waals surface area contributed by atoms with Crippen LogP contribution in [0.1, 0.15) is 38.8 Å². The van der Waals surface area contributed by atoms with Crippen molar-refractivity contribution < 1.29 is 5.11 Å². The van der Waals surface area contributed by atoms with Gasteiger partial charge in [-0.2, -0.15) is 5.10 Å². The summed E-state index contributed by atoms with van der Waals surface area (Å²) >= 11 is 6.34. The van der Waals surface area contributed by atoms with Crippen LogP contribution in [-0.2, 0) is 12.1 Å². The van der Waals surface area contributed by atoms with Crippen molar-refractivity contribution in [1.29, 1.82) is 0 Å². The lowest BCUT2D eigenvalue weighted by Crippen LogP contribution is -2.41. The smallest absolute Gasteiger partial charge is 0.110 e. The molecule has 0 aromatic carbocycles. The van der Waals surface area contributed by atoms with Gasteiger partial charge in [0, 0.05) is 6.54 Å². The van der Waals surface area contributed by atoms with Gasteiger partial charge in [-0.25, -0.2) is 0 Å². The first-order valence-corrected chi connectivity index (χ1v) is 7.81. The molecule has 1 aromatic heterocycles. The lowest BCUT2D eigenvalue weighted by molar-refractivity contribution is -0.0694. The monoisotopic (exact) mass is 299 g/mol. The molecule has 0 bridgehead atoms. The van der Waals surface area contributed by atoms with Crippen molar-refractivity contribution in [3.8, 4) is 0 Å². The summed E-state index contributed by atoms with van der Waals surface area (Å²) in [5, 5.41) is 16.2. The first-order chi connectivity index (χ1) is 9.34. The predicted octanol–water partition coefficient (Wildman–Crippen LogP) is 2.74. The molecular formula is C15H26ClN3O. The van der Waals surface area contributed by atoms with E-state index in [0.717, 1.165) is 31.6 Å². The maximum absolute atomic E-state index is 11.2. The highest BCUT2D eigenvalue weighted by molar-refractivity contribution is 6.31. The Balaban J connectivity index is 2.32. The maximum Gasteiger partial charge on any atom is 0.110 e. The second-order valence-electron chi connectivity index (χ2n) is 6.58. The zero-order valence-electron chi connectivity index (χ0n) is 12.9. The molecule has 1 fully saturated rings. The van der Waals surface area contributed by atoms with Gasteiger partial charge in [-0.15, -0.1) is 0 Å². The van der Waals surface area contributed by atoms with Crippen LogP contribution in [0.25, 0.3) is 0 Å². The van der Waals surface area contributed by atoms with Gasteiger partial charge >= 0.3 is 0 Å². The van der Waals surface area contributed by atoms with E-state index >= 15 is 0 Å². The highest BCUT2D eigenvalue weighted by Gasteiger charge is 2.44. The van der Waals surface area contributed by atoms with E-state index in [1.807, 2.05) is 18.8 Å². The van der Waals surface area contributed by atoms with Gasteiger partial charge in [-0.3, -0.25) is 4.68 Å². The van der Waals surface area contributed by atoms with Gasteiger partial charge in [0.1, 0.15) is 5.60 Å². The summed E-state index contributed by atoms with van der Waals surface area (Å²) in [5.41, 5.74) is -0.0440. The summed E-state index contributed by atoms with van der Waals surface area (Å²) in [5.74, 6) is 0.732. The van der Waals surface area contributed by atoms with E-state index < -0.39 is 5.60 Å². The Morgan fingerprint density at radius 3 is 2.80 bits per heavy atom. The molecule has 2 rings (SSSR count). The molecule has 1 N–H and O–H groups in total. The summed E-state index contributed by atoms with van der Waals surface area (Å²) in [4.78, 5) is 2.11. The number of likely N-dealkylation sites (N-methyl/N-ethyl adjacent to an activating group) is 1. The summed E-state index contributed by atoms with van der Waals surface area (Å²) < 4.78 is 1.89. The van der Waals surface area contributed by atoms with Crippen molar-refractivity contribution in [1.82, 2.24) is 14.7 Å². The van der Waals surface area contributed by atoms with E-state index in [4.69, 9.17) is 11.6 Å². The number of aliphatic hydroxyl groups is 1. The molecule has 0 saturated heterocycles. The first kappa shape index (κ1) is 15.8. The van der Waals surface area contributed by atoms with Crippen LogP contribution in [0.5, 0.6) is 0 Å². The molecule has 1 saturated carbocycles. The fraction of sp³-hybridized carbons (Fsp3) is 0.800. The summed E-state index contributed by atoms with van der Waals surface area (Å²) in [6.45, 7) is 5.94. The van der Waals surface area contributed by atoms with Crippen molar-refractivity contribution in [2.45, 2.75) is 45.3 Å². The highest BCUT2D eigenvalue weighted by Crippen LogP contribution is 2.45. The van der Waals surface area contributed by atoms with Gasteiger partial charge in [0.25, 0.3) is 0 Å². The molecular weight excluding hydrogens is 274 g/mol. The molecule has 3 unspecified atom stereocenters. The van der Waals surface area contributed by atoms with E-state index in [0.29, 0.717) is 10.9 Å². The van der Waals surface area contributed by atoms with Gasteiger partial charge in [-0.1, -0.05) is 31.9 Å². The normalized spacial score (nSPS) is 30.9. The van der Waals surface area contributed by atoms with Crippen molar-refractivity contribution in [2.75, 3.05) is 20.6 Å². The quantitative estimate of drug-likeness (QED) is 0.929. The standard InChI is InChI=1S/C15H26ClN3O/c1-11-5-6-12(2)15(20,9-11)14-13(16)10-17-19(14)8-7-18(3)4/h10-12,20H,5-9H2,1-4H3. The molecule has 0 amide bonds. The Hall–Kier alpha value is -0.580. The number of hydrogen-bond donors (Lipinski definition) is 1. The molecule has 114 valence electrons. The average Bonchev–Trinajstić information content (AvgIpc) is 2.73. The molecule has 3 atom stereocenters. The minimum Gasteiger partial charge on any atom is -0.383 e. The van der Waals surface area contributed by atoms with Crippen LogP contribution in [0.15, 0.2) is 6.20 Å². The number of nitrogens with zero attached hydrogens (tertiary/aromatic N) is 3. The van der Waals surface area contributed by atoms with Crippen LogP contribution < -0.4 is 0 Å². The summed E-state index contributed by atoms with van der Waals surface area (Å²) in [6, 6.07) is 0. The molecule has 0 spiro atoms. The maximum atomic E-state index is 11.2. The first-order valence-electron chi connectivity index (χ1n) is 7.43. The lowest BCUT2D eigenvalue weighted by Gasteiger charge is -2.41. The molecule has 1 aromatic rings. The van der Waals surface area contributed by atoms with E-state index in [9.17, 15) is 5.11 Å². The zero-order chi connectivity index (χ0) is 14.9. The molecule has 0 aliphatic heterocycles. The van der Waals surface area contributed by atoms with Gasteiger partial charge in [0.2, 0.25) is 0 Å². The van der Waals surface area contributed by atoms with Crippen LogP contribution in [0.2, 0.25) is 5.02 Å². The number of aromatic nitrogens is 2. The van der Waals surface area contributed by atoms with Crippen LogP contribution in [0.4, 0.5) is 0 Å². The zero-order valence-corrected chi connectivity index (χ0v) is 13.7. The van der Waals surface area contributed by atoms with E-state index in [1.54, 1.807) is 6.20 Å². The minimum absolute atomic E-state index is 0.214. The van der Waals surface area contributed by atoms with E-state index in [1.165, 1.54) is 6.42 Å². The topological polar surface area (TPSA) is 41.3 Å². The Morgan fingerprint density at radius 2 is 2.15 bits per heavy atom. The van der Waals surface area contributed by atoms with E-state index in [-0.39, 0.29) is 5.92 Å². The molecule has 5 heteroatoms. The van der Waals surface area contributed by atoms with Crippen molar-refractivity contribution in [3.05, 3.63) is 16.9 Å². The third kappa shape index (κ3) is 3.02. The van der Waals surface area contributed by atoms with Gasteiger partial charge in [0.05, 0.1) is 23.5 Å². The molecule has 4 nitrogen and oxygen atoms in total. The third-order valence-corrected chi connectivity index (χ3v) is 4.81. The molecule has 20 heavy (non-hydrogen) atoms. The largest absolute Gasteiger partial charge is 0.383 e. The Kier molecular flexibility index (Phi) is 4.77. The number of rotatable bonds is 4. The third-order valence-electron chi connectivity index (χ3n) is 4.53. The van der Waals surface area contributed by atoms with Crippen LogP contribution in [0, 0.1) is 11.8 Å². The average molecular weight is 300 g/mol. The van der Waals surface area contributed by atoms with Crippen molar-refractivity contribution >= 4 is 11.6 Å². The van der Waals surface area contributed by atoms with Crippen molar-refractivity contribution in [2.24, 2.45) is 11.8 Å². The fourth-order valence-electron chi connectivity index (χ4n) is 3.19. The molecule has 1 aliphatic rings. The number of halogens is 1.